The summed E-state index contributed by atoms with van der Waals surface area (Å²) in [4.78, 5) is 51.4. The molecule has 3 heterocycles. The molecule has 0 aliphatic rings. The van der Waals surface area contributed by atoms with Crippen molar-refractivity contribution in [3.8, 4) is 11.3 Å². The smallest absolute Gasteiger partial charge is 0.357 e. The highest BCUT2D eigenvalue weighted by Crippen LogP contribution is 2.31. The summed E-state index contributed by atoms with van der Waals surface area (Å²) in [6, 6.07) is 19.5. The van der Waals surface area contributed by atoms with E-state index in [2.05, 4.69) is 30.9 Å². The Balaban J connectivity index is 1.34. The van der Waals surface area contributed by atoms with E-state index in [0.717, 1.165) is 12.1 Å². The lowest BCUT2D eigenvalue weighted by Crippen LogP contribution is -2.39. The van der Waals surface area contributed by atoms with Gasteiger partial charge in [0.2, 0.25) is 5.91 Å². The third-order valence-electron chi connectivity index (χ3n) is 6.50. The zero-order chi connectivity index (χ0) is 30.6. The molecule has 216 valence electrons. The highest BCUT2D eigenvalue weighted by Gasteiger charge is 2.30. The van der Waals surface area contributed by atoms with E-state index >= 15 is 0 Å². The molecule has 9 nitrogen and oxygen atoms in total. The number of aromatic nitrogens is 3. The maximum Gasteiger partial charge on any atom is 0.416 e. The number of carbonyl (C=O) groups excluding carboxylic acids is 3. The van der Waals surface area contributed by atoms with Crippen LogP contribution in [0.2, 0.25) is 0 Å². The number of halogens is 3. The van der Waals surface area contributed by atoms with Crippen LogP contribution < -0.4 is 16.0 Å². The lowest BCUT2D eigenvalue weighted by Gasteiger charge is -2.17. The Labute approximate surface area is 243 Å². The average Bonchev–Trinajstić information content (AvgIpc) is 3.03. The predicted octanol–water partition coefficient (Wildman–Crippen LogP) is 5.18. The number of amides is 3. The first kappa shape index (κ1) is 28.9. The van der Waals surface area contributed by atoms with E-state index in [1.165, 1.54) is 37.6 Å². The van der Waals surface area contributed by atoms with Crippen molar-refractivity contribution in [2.45, 2.75) is 12.2 Å². The average molecular weight is 585 g/mol. The molecule has 5 aromatic rings. The minimum Gasteiger partial charge on any atom is -0.357 e. The topological polar surface area (TPSA) is 126 Å². The van der Waals surface area contributed by atoms with Gasteiger partial charge in [0.1, 0.15) is 5.82 Å². The van der Waals surface area contributed by atoms with Crippen LogP contribution in [0.4, 0.5) is 19.0 Å². The Morgan fingerprint density at radius 2 is 1.58 bits per heavy atom. The fourth-order valence-electron chi connectivity index (χ4n) is 4.34. The Hall–Kier alpha value is -5.65. The Morgan fingerprint density at radius 3 is 2.28 bits per heavy atom. The number of fused-ring (bicyclic) bond motifs is 1. The maximum atomic E-state index is 13.2. The zero-order valence-corrected chi connectivity index (χ0v) is 22.5. The third kappa shape index (κ3) is 6.48. The van der Waals surface area contributed by atoms with Crippen LogP contribution in [0.3, 0.4) is 0 Å². The van der Waals surface area contributed by atoms with E-state index in [-0.39, 0.29) is 22.6 Å². The van der Waals surface area contributed by atoms with E-state index in [0.29, 0.717) is 22.2 Å². The second kappa shape index (κ2) is 12.1. The predicted molar refractivity (Wildman–Crippen MR) is 153 cm³/mol. The van der Waals surface area contributed by atoms with Crippen LogP contribution in [0, 0.1) is 0 Å². The molecule has 0 radical (unpaired) electrons. The molecule has 0 fully saturated rings. The monoisotopic (exact) mass is 584 g/mol. The lowest BCUT2D eigenvalue weighted by atomic mass is 10.0. The number of rotatable bonds is 7. The van der Waals surface area contributed by atoms with E-state index in [1.54, 1.807) is 54.6 Å². The fraction of sp³-hybridized carbons (Fsp3) is 0.0968. The van der Waals surface area contributed by atoms with Crippen LogP contribution >= 0.6 is 0 Å². The molecule has 0 saturated carbocycles. The number of carbonyl (C=O) groups is 3. The summed E-state index contributed by atoms with van der Waals surface area (Å²) in [5.74, 6) is -1.26. The molecular formula is C31H23F3N6O3. The van der Waals surface area contributed by atoms with Gasteiger partial charge in [-0.25, -0.2) is 4.98 Å². The second-order valence-corrected chi connectivity index (χ2v) is 9.31. The molecule has 43 heavy (non-hydrogen) atoms. The van der Waals surface area contributed by atoms with Gasteiger partial charge in [-0.2, -0.15) is 13.2 Å². The molecule has 0 saturated heterocycles. The number of alkyl halides is 3. The molecule has 3 N–H and O–H groups in total. The van der Waals surface area contributed by atoms with Crippen LogP contribution in [0.5, 0.6) is 0 Å². The number of benzene rings is 2. The Bertz CT molecular complexity index is 1810. The molecule has 3 aromatic heterocycles. The first-order chi connectivity index (χ1) is 20.6. The molecule has 0 aliphatic carbocycles. The van der Waals surface area contributed by atoms with Gasteiger partial charge >= 0.3 is 6.18 Å². The van der Waals surface area contributed by atoms with Gasteiger partial charge in [0.15, 0.2) is 6.04 Å². The van der Waals surface area contributed by atoms with Gasteiger partial charge in [0.05, 0.1) is 28.0 Å². The molecule has 12 heteroatoms. The molecule has 0 aliphatic heterocycles. The highest BCUT2D eigenvalue weighted by molar-refractivity contribution is 6.08. The minimum absolute atomic E-state index is 0.148. The summed E-state index contributed by atoms with van der Waals surface area (Å²) in [6.07, 6.45) is -1.51. The van der Waals surface area contributed by atoms with E-state index in [4.69, 9.17) is 0 Å². The van der Waals surface area contributed by atoms with E-state index in [1.807, 2.05) is 0 Å². The summed E-state index contributed by atoms with van der Waals surface area (Å²) in [6.45, 7) is 0. The Kier molecular flexibility index (Phi) is 8.10. The van der Waals surface area contributed by atoms with Crippen LogP contribution in [0.15, 0.2) is 97.3 Å². The first-order valence-corrected chi connectivity index (χ1v) is 12.9. The largest absolute Gasteiger partial charge is 0.416 e. The minimum atomic E-state index is -4.48. The van der Waals surface area contributed by atoms with Gasteiger partial charge in [-0.3, -0.25) is 24.4 Å². The van der Waals surface area contributed by atoms with Gasteiger partial charge < -0.3 is 16.0 Å². The number of hydrogen-bond acceptors (Lipinski definition) is 6. The molecule has 0 bridgehead atoms. The van der Waals surface area contributed by atoms with Crippen molar-refractivity contribution in [2.75, 3.05) is 12.4 Å². The number of pyridine rings is 3. The summed E-state index contributed by atoms with van der Waals surface area (Å²) in [5, 5.41) is 8.52. The van der Waals surface area contributed by atoms with Crippen LogP contribution in [-0.2, 0) is 11.0 Å². The maximum absolute atomic E-state index is 13.2. The number of likely N-dealkylation sites (N-methyl/N-ethyl adjacent to an activating group) is 1. The first-order valence-electron chi connectivity index (χ1n) is 12.9. The van der Waals surface area contributed by atoms with Crippen LogP contribution in [0.1, 0.15) is 38.0 Å². The summed E-state index contributed by atoms with van der Waals surface area (Å²) in [7, 11) is 1.46. The number of anilines is 1. The molecule has 1 atom stereocenters. The molecule has 3 amide bonds. The van der Waals surface area contributed by atoms with Crippen LogP contribution in [-0.4, -0.2) is 39.7 Å². The van der Waals surface area contributed by atoms with Crippen LogP contribution in [0.25, 0.3) is 22.2 Å². The lowest BCUT2D eigenvalue weighted by molar-refractivity contribution is -0.137. The van der Waals surface area contributed by atoms with Crippen molar-refractivity contribution >= 4 is 34.4 Å². The molecule has 0 spiro atoms. The van der Waals surface area contributed by atoms with Crippen molar-refractivity contribution in [2.24, 2.45) is 0 Å². The normalized spacial score (nSPS) is 11.9. The van der Waals surface area contributed by atoms with Gasteiger partial charge in [-0.05, 0) is 66.7 Å². The molecule has 0 unspecified atom stereocenters. The third-order valence-corrected chi connectivity index (χ3v) is 6.50. The highest BCUT2D eigenvalue weighted by atomic mass is 19.4. The summed E-state index contributed by atoms with van der Waals surface area (Å²) < 4.78 is 38.9. The van der Waals surface area contributed by atoms with Crippen molar-refractivity contribution in [3.63, 3.8) is 0 Å². The number of nitrogens with one attached hydrogen (secondary N) is 3. The summed E-state index contributed by atoms with van der Waals surface area (Å²) >= 11 is 0. The number of hydrogen-bond donors (Lipinski definition) is 3. The SMILES string of the molecule is CNC(=O)[C@@H](NC(=O)c1ccc2nc(NC(=O)c3cccnc3-c3ccc(C(F)(F)F)cc3)ccc2c1)c1ccccn1. The van der Waals surface area contributed by atoms with Gasteiger partial charge in [-0.15, -0.1) is 0 Å². The van der Waals surface area contributed by atoms with Gasteiger partial charge in [0.25, 0.3) is 11.8 Å². The quantitative estimate of drug-likeness (QED) is 0.242. The summed E-state index contributed by atoms with van der Waals surface area (Å²) in [5.41, 5.74) is 1.05. The zero-order valence-electron chi connectivity index (χ0n) is 22.5. The van der Waals surface area contributed by atoms with Crippen molar-refractivity contribution in [1.29, 1.82) is 0 Å². The van der Waals surface area contributed by atoms with Crippen molar-refractivity contribution < 1.29 is 27.6 Å². The fourth-order valence-corrected chi connectivity index (χ4v) is 4.34. The van der Waals surface area contributed by atoms with E-state index in [9.17, 15) is 27.6 Å². The molecule has 2 aromatic carbocycles. The molecule has 5 rings (SSSR count). The van der Waals surface area contributed by atoms with Gasteiger partial charge in [-0.1, -0.05) is 18.2 Å². The van der Waals surface area contributed by atoms with Gasteiger partial charge in [0, 0.05) is 36.0 Å². The van der Waals surface area contributed by atoms with Crippen molar-refractivity contribution in [1.82, 2.24) is 25.6 Å². The standard InChI is InChI=1S/C31H23F3N6O3/c1-35-30(43)27(24-6-2-3-15-36-24)40-28(41)20-9-13-23-19(17-20)10-14-25(38-23)39-29(42)22-5-4-16-37-26(22)18-7-11-21(12-8-18)31(32,33)34/h2-17,27H,1H3,(H,35,43)(H,40,41)(H,38,39,42)/t27-/m0/s1. The molecular weight excluding hydrogens is 561 g/mol. The van der Waals surface area contributed by atoms with Crippen molar-refractivity contribution in [3.05, 3.63) is 120 Å². The number of nitrogens with zero attached hydrogens (tertiary/aromatic N) is 3. The van der Waals surface area contributed by atoms with E-state index < -0.39 is 35.5 Å². The second-order valence-electron chi connectivity index (χ2n) is 9.31. The Morgan fingerprint density at radius 1 is 0.814 bits per heavy atom.